The van der Waals surface area contributed by atoms with E-state index in [9.17, 15) is 5.11 Å². The van der Waals surface area contributed by atoms with E-state index < -0.39 is 5.60 Å². The van der Waals surface area contributed by atoms with Crippen LogP contribution >= 0.6 is 11.3 Å². The van der Waals surface area contributed by atoms with E-state index in [1.54, 1.807) is 18.4 Å². The zero-order chi connectivity index (χ0) is 12.0. The van der Waals surface area contributed by atoms with Gasteiger partial charge in [-0.1, -0.05) is 0 Å². The van der Waals surface area contributed by atoms with E-state index in [0.29, 0.717) is 19.6 Å². The molecule has 16 heavy (non-hydrogen) atoms. The van der Waals surface area contributed by atoms with Crippen LogP contribution in [0.25, 0.3) is 0 Å². The number of ether oxygens (including phenoxy) is 1. The Morgan fingerprint density at radius 2 is 2.44 bits per heavy atom. The second kappa shape index (κ2) is 6.30. The zero-order valence-corrected chi connectivity index (χ0v) is 10.9. The van der Waals surface area contributed by atoms with Crippen molar-refractivity contribution in [1.29, 1.82) is 0 Å². The molecular weight excluding hydrogens is 224 g/mol. The molecule has 0 aliphatic carbocycles. The molecule has 0 saturated heterocycles. The summed E-state index contributed by atoms with van der Waals surface area (Å²) in [5, 5.41) is 15.3. The average molecular weight is 244 g/mol. The SMILES string of the molecule is COCCC(C)(O)CNC(C)c1cscn1. The summed E-state index contributed by atoms with van der Waals surface area (Å²) in [6.07, 6.45) is 0.625. The van der Waals surface area contributed by atoms with Gasteiger partial charge in [0.05, 0.1) is 16.8 Å². The first-order valence-electron chi connectivity index (χ1n) is 5.38. The Hall–Kier alpha value is -0.490. The first-order valence-corrected chi connectivity index (χ1v) is 6.32. The highest BCUT2D eigenvalue weighted by Gasteiger charge is 2.21. The van der Waals surface area contributed by atoms with Crippen LogP contribution in [0.3, 0.4) is 0 Å². The molecule has 0 spiro atoms. The maximum absolute atomic E-state index is 10.0. The quantitative estimate of drug-likeness (QED) is 0.764. The maximum atomic E-state index is 10.0. The number of aromatic nitrogens is 1. The molecule has 0 amide bonds. The molecule has 0 saturated carbocycles. The van der Waals surface area contributed by atoms with Crippen LogP contribution < -0.4 is 5.32 Å². The minimum Gasteiger partial charge on any atom is -0.389 e. The van der Waals surface area contributed by atoms with Crippen molar-refractivity contribution in [3.05, 3.63) is 16.6 Å². The molecule has 0 aromatic carbocycles. The summed E-state index contributed by atoms with van der Waals surface area (Å²) in [5.74, 6) is 0. The van der Waals surface area contributed by atoms with Gasteiger partial charge in [0.15, 0.2) is 0 Å². The van der Waals surface area contributed by atoms with Crippen LogP contribution in [0.2, 0.25) is 0 Å². The molecule has 92 valence electrons. The molecule has 4 nitrogen and oxygen atoms in total. The van der Waals surface area contributed by atoms with Crippen LogP contribution in [0.15, 0.2) is 10.9 Å². The third-order valence-corrected chi connectivity index (χ3v) is 3.13. The van der Waals surface area contributed by atoms with Gasteiger partial charge in [-0.3, -0.25) is 0 Å². The van der Waals surface area contributed by atoms with Gasteiger partial charge in [0, 0.05) is 38.1 Å². The molecule has 0 radical (unpaired) electrons. The zero-order valence-electron chi connectivity index (χ0n) is 10.1. The van der Waals surface area contributed by atoms with Crippen molar-refractivity contribution >= 4 is 11.3 Å². The molecule has 1 rings (SSSR count). The summed E-state index contributed by atoms with van der Waals surface area (Å²) in [6, 6.07) is 0.167. The summed E-state index contributed by atoms with van der Waals surface area (Å²) in [5.41, 5.74) is 2.10. The van der Waals surface area contributed by atoms with Crippen molar-refractivity contribution in [3.8, 4) is 0 Å². The minimum atomic E-state index is -0.736. The van der Waals surface area contributed by atoms with Gasteiger partial charge < -0.3 is 15.2 Å². The number of nitrogens with zero attached hydrogens (tertiary/aromatic N) is 1. The second-order valence-corrected chi connectivity index (χ2v) is 4.97. The Balaban J connectivity index is 2.33. The fraction of sp³-hybridized carbons (Fsp3) is 0.727. The highest BCUT2D eigenvalue weighted by atomic mass is 32.1. The fourth-order valence-electron chi connectivity index (χ4n) is 1.32. The minimum absolute atomic E-state index is 0.167. The van der Waals surface area contributed by atoms with Crippen molar-refractivity contribution in [3.63, 3.8) is 0 Å². The van der Waals surface area contributed by atoms with E-state index in [1.807, 2.05) is 24.7 Å². The lowest BCUT2D eigenvalue weighted by Gasteiger charge is -2.25. The number of aliphatic hydroxyl groups is 1. The van der Waals surface area contributed by atoms with Gasteiger partial charge in [0.25, 0.3) is 0 Å². The number of hydrogen-bond donors (Lipinski definition) is 2. The topological polar surface area (TPSA) is 54.4 Å². The molecule has 0 bridgehead atoms. The first-order chi connectivity index (χ1) is 7.55. The predicted octanol–water partition coefficient (Wildman–Crippen LogP) is 1.58. The monoisotopic (exact) mass is 244 g/mol. The summed E-state index contributed by atoms with van der Waals surface area (Å²) >= 11 is 1.58. The Bertz CT molecular complexity index is 288. The van der Waals surface area contributed by atoms with Gasteiger partial charge in [-0.25, -0.2) is 4.98 Å². The van der Waals surface area contributed by atoms with Gasteiger partial charge in [0.2, 0.25) is 0 Å². The van der Waals surface area contributed by atoms with E-state index in [0.717, 1.165) is 5.69 Å². The normalized spacial score (nSPS) is 17.0. The molecule has 0 aliphatic heterocycles. The van der Waals surface area contributed by atoms with E-state index in [2.05, 4.69) is 10.3 Å². The molecule has 1 heterocycles. The highest BCUT2D eigenvalue weighted by molar-refractivity contribution is 7.07. The standard InChI is InChI=1S/C11H20N2O2S/c1-9(10-6-16-8-13-10)12-7-11(2,14)4-5-15-3/h6,8-9,12,14H,4-5,7H2,1-3H3. The van der Waals surface area contributed by atoms with Crippen molar-refractivity contribution in [2.24, 2.45) is 0 Å². The van der Waals surface area contributed by atoms with Crippen LogP contribution in [-0.2, 0) is 4.74 Å². The molecule has 0 fully saturated rings. The molecule has 0 aliphatic rings. The smallest absolute Gasteiger partial charge is 0.0795 e. The lowest BCUT2D eigenvalue weighted by molar-refractivity contribution is 0.0230. The lowest BCUT2D eigenvalue weighted by Crippen LogP contribution is -2.39. The van der Waals surface area contributed by atoms with Gasteiger partial charge in [-0.2, -0.15) is 0 Å². The van der Waals surface area contributed by atoms with Gasteiger partial charge in [-0.05, 0) is 13.8 Å². The summed E-state index contributed by atoms with van der Waals surface area (Å²) in [7, 11) is 1.64. The molecule has 5 heteroatoms. The van der Waals surface area contributed by atoms with Gasteiger partial charge >= 0.3 is 0 Å². The first kappa shape index (κ1) is 13.6. The third-order valence-electron chi connectivity index (χ3n) is 2.53. The molecule has 1 aromatic heterocycles. The van der Waals surface area contributed by atoms with Gasteiger partial charge in [-0.15, -0.1) is 11.3 Å². The van der Waals surface area contributed by atoms with Crippen LogP contribution in [0.4, 0.5) is 0 Å². The number of nitrogens with one attached hydrogen (secondary N) is 1. The van der Waals surface area contributed by atoms with E-state index in [1.165, 1.54) is 0 Å². The van der Waals surface area contributed by atoms with Crippen molar-refractivity contribution < 1.29 is 9.84 Å². The van der Waals surface area contributed by atoms with Crippen LogP contribution in [0.5, 0.6) is 0 Å². The second-order valence-electron chi connectivity index (χ2n) is 4.26. The van der Waals surface area contributed by atoms with Crippen molar-refractivity contribution in [2.75, 3.05) is 20.3 Å². The number of thiazole rings is 1. The molecule has 1 aromatic rings. The molecule has 2 unspecified atom stereocenters. The van der Waals surface area contributed by atoms with Crippen LogP contribution in [-0.4, -0.2) is 36.0 Å². The summed E-state index contributed by atoms with van der Waals surface area (Å²) in [4.78, 5) is 4.23. The van der Waals surface area contributed by atoms with Crippen LogP contribution in [0.1, 0.15) is 32.0 Å². The van der Waals surface area contributed by atoms with Gasteiger partial charge in [0.1, 0.15) is 0 Å². The fourth-order valence-corrected chi connectivity index (χ4v) is 1.97. The Morgan fingerprint density at radius 1 is 1.69 bits per heavy atom. The van der Waals surface area contributed by atoms with E-state index in [4.69, 9.17) is 4.74 Å². The predicted molar refractivity (Wildman–Crippen MR) is 65.6 cm³/mol. The Labute approximate surface area is 101 Å². The summed E-state index contributed by atoms with van der Waals surface area (Å²) in [6.45, 7) is 4.96. The Morgan fingerprint density at radius 3 is 3.00 bits per heavy atom. The Kier molecular flexibility index (Phi) is 5.34. The third kappa shape index (κ3) is 4.57. The maximum Gasteiger partial charge on any atom is 0.0795 e. The van der Waals surface area contributed by atoms with Crippen LogP contribution in [0, 0.1) is 0 Å². The largest absolute Gasteiger partial charge is 0.389 e. The molecule has 2 N–H and O–H groups in total. The molecular formula is C11H20N2O2S. The number of methoxy groups -OCH3 is 1. The summed E-state index contributed by atoms with van der Waals surface area (Å²) < 4.78 is 4.96. The molecule has 2 atom stereocenters. The van der Waals surface area contributed by atoms with E-state index >= 15 is 0 Å². The van der Waals surface area contributed by atoms with E-state index in [-0.39, 0.29) is 6.04 Å². The van der Waals surface area contributed by atoms with Crippen molar-refractivity contribution in [1.82, 2.24) is 10.3 Å². The number of hydrogen-bond acceptors (Lipinski definition) is 5. The number of rotatable bonds is 7. The highest BCUT2D eigenvalue weighted by Crippen LogP contribution is 2.14. The van der Waals surface area contributed by atoms with Crippen molar-refractivity contribution in [2.45, 2.75) is 31.9 Å². The lowest BCUT2D eigenvalue weighted by atomic mass is 10.0. The average Bonchev–Trinajstić information content (AvgIpc) is 2.77.